The summed E-state index contributed by atoms with van der Waals surface area (Å²) < 4.78 is 16.4. The van der Waals surface area contributed by atoms with Gasteiger partial charge in [0, 0.05) is 18.4 Å². The maximum atomic E-state index is 13.3. The van der Waals surface area contributed by atoms with E-state index in [9.17, 15) is 9.18 Å². The maximum Gasteiger partial charge on any atom is 0.328 e. The molecule has 0 amide bonds. The molecule has 0 radical (unpaired) electrons. The first-order valence-electron chi connectivity index (χ1n) is 5.71. The van der Waals surface area contributed by atoms with Crippen LogP contribution in [0, 0.1) is 5.82 Å². The maximum absolute atomic E-state index is 13.3. The van der Waals surface area contributed by atoms with Gasteiger partial charge in [-0.3, -0.25) is 9.13 Å². The summed E-state index contributed by atoms with van der Waals surface area (Å²) in [6.45, 7) is 4.14. The Bertz CT molecular complexity index is 616. The van der Waals surface area contributed by atoms with Crippen LogP contribution in [0.25, 0.3) is 0 Å². The number of benzene rings is 1. The summed E-state index contributed by atoms with van der Waals surface area (Å²) in [5, 5.41) is 0.0710. The van der Waals surface area contributed by atoms with Crippen LogP contribution in [-0.2, 0) is 6.54 Å². The normalized spacial score (nSPS) is 11.2. The lowest BCUT2D eigenvalue weighted by Gasteiger charge is -2.06. The van der Waals surface area contributed by atoms with Crippen molar-refractivity contribution < 1.29 is 4.39 Å². The predicted octanol–water partition coefficient (Wildman–Crippen LogP) is 3.07. The van der Waals surface area contributed by atoms with E-state index in [2.05, 4.69) is 0 Å². The predicted molar refractivity (Wildman–Crippen MR) is 69.6 cm³/mol. The van der Waals surface area contributed by atoms with Gasteiger partial charge >= 0.3 is 5.69 Å². The van der Waals surface area contributed by atoms with Crippen LogP contribution < -0.4 is 5.69 Å². The Hall–Kier alpha value is -1.55. The van der Waals surface area contributed by atoms with Crippen molar-refractivity contribution in [2.75, 3.05) is 0 Å². The molecule has 18 heavy (non-hydrogen) atoms. The van der Waals surface area contributed by atoms with Crippen molar-refractivity contribution in [2.45, 2.75) is 26.4 Å². The molecule has 1 aromatic heterocycles. The highest BCUT2D eigenvalue weighted by molar-refractivity contribution is 6.31. The summed E-state index contributed by atoms with van der Waals surface area (Å²) in [4.78, 5) is 12.0. The van der Waals surface area contributed by atoms with Crippen LogP contribution >= 0.6 is 11.6 Å². The van der Waals surface area contributed by atoms with Gasteiger partial charge < -0.3 is 0 Å². The van der Waals surface area contributed by atoms with Gasteiger partial charge in [-0.15, -0.1) is 0 Å². The monoisotopic (exact) mass is 268 g/mol. The van der Waals surface area contributed by atoms with E-state index in [1.165, 1.54) is 10.6 Å². The van der Waals surface area contributed by atoms with E-state index in [-0.39, 0.29) is 23.3 Å². The number of nitrogens with zero attached hydrogens (tertiary/aromatic N) is 2. The number of aromatic nitrogens is 2. The van der Waals surface area contributed by atoms with Gasteiger partial charge in [0.15, 0.2) is 0 Å². The van der Waals surface area contributed by atoms with Gasteiger partial charge in [0.1, 0.15) is 5.82 Å². The molecule has 0 fully saturated rings. The molecule has 0 aliphatic rings. The van der Waals surface area contributed by atoms with E-state index in [1.807, 2.05) is 13.8 Å². The third-order valence-electron chi connectivity index (χ3n) is 2.80. The number of imidazole rings is 1. The molecule has 5 heteroatoms. The zero-order chi connectivity index (χ0) is 13.3. The average Bonchev–Trinajstić information content (AvgIpc) is 2.67. The summed E-state index contributed by atoms with van der Waals surface area (Å²) in [5.41, 5.74) is 0.477. The summed E-state index contributed by atoms with van der Waals surface area (Å²) in [7, 11) is 0. The second-order valence-corrected chi connectivity index (χ2v) is 4.80. The molecule has 0 aliphatic heterocycles. The fraction of sp³-hybridized carbons (Fsp3) is 0.308. The highest BCUT2D eigenvalue weighted by Crippen LogP contribution is 2.20. The molecule has 0 spiro atoms. The van der Waals surface area contributed by atoms with E-state index >= 15 is 0 Å². The SMILES string of the molecule is CC(C)n1ccn(Cc2cccc(F)c2Cl)c1=O. The van der Waals surface area contributed by atoms with Crippen LogP contribution in [0.1, 0.15) is 25.5 Å². The third kappa shape index (κ3) is 2.34. The largest absolute Gasteiger partial charge is 0.328 e. The fourth-order valence-electron chi connectivity index (χ4n) is 1.80. The molecule has 0 N–H and O–H groups in total. The van der Waals surface area contributed by atoms with Crippen molar-refractivity contribution in [3.8, 4) is 0 Å². The summed E-state index contributed by atoms with van der Waals surface area (Å²) >= 11 is 5.87. The lowest BCUT2D eigenvalue weighted by Crippen LogP contribution is -2.25. The van der Waals surface area contributed by atoms with Crippen molar-refractivity contribution >= 4 is 11.6 Å². The number of halogens is 2. The van der Waals surface area contributed by atoms with Crippen molar-refractivity contribution in [3.05, 3.63) is 57.5 Å². The first-order chi connectivity index (χ1) is 8.50. The van der Waals surface area contributed by atoms with Gasteiger partial charge in [-0.2, -0.15) is 0 Å². The quantitative estimate of drug-likeness (QED) is 0.840. The molecule has 0 unspecified atom stereocenters. The number of hydrogen-bond acceptors (Lipinski definition) is 1. The Morgan fingerprint density at radius 3 is 2.67 bits per heavy atom. The highest BCUT2D eigenvalue weighted by Gasteiger charge is 2.10. The van der Waals surface area contributed by atoms with Crippen molar-refractivity contribution in [3.63, 3.8) is 0 Å². The third-order valence-corrected chi connectivity index (χ3v) is 3.23. The number of hydrogen-bond donors (Lipinski definition) is 0. The first kappa shape index (κ1) is 12.9. The molecule has 3 nitrogen and oxygen atoms in total. The van der Waals surface area contributed by atoms with Gasteiger partial charge in [-0.1, -0.05) is 23.7 Å². The lowest BCUT2D eigenvalue weighted by molar-refractivity contribution is 0.560. The van der Waals surface area contributed by atoms with E-state index in [0.717, 1.165) is 0 Å². The molecule has 0 bridgehead atoms. The number of rotatable bonds is 3. The van der Waals surface area contributed by atoms with Crippen molar-refractivity contribution in [1.29, 1.82) is 0 Å². The Balaban J connectivity index is 2.35. The molecule has 2 aromatic rings. The highest BCUT2D eigenvalue weighted by atomic mass is 35.5. The zero-order valence-corrected chi connectivity index (χ0v) is 11.0. The lowest BCUT2D eigenvalue weighted by atomic mass is 10.2. The van der Waals surface area contributed by atoms with E-state index in [1.54, 1.807) is 29.1 Å². The zero-order valence-electron chi connectivity index (χ0n) is 10.2. The minimum Gasteiger partial charge on any atom is -0.297 e. The molecule has 0 atom stereocenters. The van der Waals surface area contributed by atoms with Gasteiger partial charge in [0.05, 0.1) is 11.6 Å². The second-order valence-electron chi connectivity index (χ2n) is 4.42. The van der Waals surface area contributed by atoms with Crippen LogP contribution in [0.4, 0.5) is 4.39 Å². The molecule has 0 aliphatic carbocycles. The Kier molecular flexibility index (Phi) is 3.57. The molecule has 0 saturated carbocycles. The van der Waals surface area contributed by atoms with Crippen molar-refractivity contribution in [2.24, 2.45) is 0 Å². The molecule has 1 aromatic carbocycles. The molecule has 96 valence electrons. The summed E-state index contributed by atoms with van der Waals surface area (Å²) in [5.74, 6) is -0.467. The van der Waals surface area contributed by atoms with Gasteiger partial charge in [0.25, 0.3) is 0 Å². The van der Waals surface area contributed by atoms with Gasteiger partial charge in [-0.05, 0) is 25.5 Å². The standard InChI is InChI=1S/C13H14ClFN2O/c1-9(2)17-7-6-16(13(17)18)8-10-4-3-5-11(15)12(10)14/h3-7,9H,8H2,1-2H3. The van der Waals surface area contributed by atoms with Crippen LogP contribution in [-0.4, -0.2) is 9.13 Å². The average molecular weight is 269 g/mol. The fourth-order valence-corrected chi connectivity index (χ4v) is 1.98. The van der Waals surface area contributed by atoms with Gasteiger partial charge in [-0.25, -0.2) is 9.18 Å². The summed E-state index contributed by atoms with van der Waals surface area (Å²) in [6.07, 6.45) is 3.41. The van der Waals surface area contributed by atoms with Crippen LogP contribution in [0.3, 0.4) is 0 Å². The molecule has 1 heterocycles. The minimum atomic E-state index is -0.467. The van der Waals surface area contributed by atoms with E-state index in [0.29, 0.717) is 5.56 Å². The van der Waals surface area contributed by atoms with E-state index in [4.69, 9.17) is 11.6 Å². The van der Waals surface area contributed by atoms with Crippen LogP contribution in [0.5, 0.6) is 0 Å². The Morgan fingerprint density at radius 2 is 2.06 bits per heavy atom. The summed E-state index contributed by atoms with van der Waals surface area (Å²) in [6, 6.07) is 4.70. The van der Waals surface area contributed by atoms with Crippen LogP contribution in [0.15, 0.2) is 35.4 Å². The Labute approximate surface area is 109 Å². The topological polar surface area (TPSA) is 26.9 Å². The minimum absolute atomic E-state index is 0.0710. The second kappa shape index (κ2) is 4.98. The van der Waals surface area contributed by atoms with Crippen LogP contribution in [0.2, 0.25) is 5.02 Å². The van der Waals surface area contributed by atoms with E-state index < -0.39 is 5.82 Å². The molecule has 0 saturated heterocycles. The van der Waals surface area contributed by atoms with Gasteiger partial charge in [0.2, 0.25) is 0 Å². The molecular formula is C13H14ClFN2O. The van der Waals surface area contributed by atoms with Crippen molar-refractivity contribution in [1.82, 2.24) is 9.13 Å². The smallest absolute Gasteiger partial charge is 0.297 e. The molecule has 2 rings (SSSR count). The Morgan fingerprint density at radius 1 is 1.33 bits per heavy atom. The first-order valence-corrected chi connectivity index (χ1v) is 6.08. The molecular weight excluding hydrogens is 255 g/mol.